The number of rotatable bonds is 10. The van der Waals surface area contributed by atoms with Crippen LogP contribution in [0.1, 0.15) is 58.1 Å². The maximum atomic E-state index is 13.4. The van der Waals surface area contributed by atoms with Crippen LogP contribution in [0.5, 0.6) is 0 Å². The lowest BCUT2D eigenvalue weighted by Crippen LogP contribution is -2.57. The zero-order valence-corrected chi connectivity index (χ0v) is 22.1. The summed E-state index contributed by atoms with van der Waals surface area (Å²) in [5.41, 5.74) is 4.56. The first-order valence-corrected chi connectivity index (χ1v) is 12.7. The normalized spacial score (nSPS) is 14.9. The zero-order valence-electron chi connectivity index (χ0n) is 22.1. The Morgan fingerprint density at radius 3 is 1.97 bits per heavy atom. The van der Waals surface area contributed by atoms with Gasteiger partial charge in [0.1, 0.15) is 18.7 Å². The average molecular weight is 495 g/mol. The number of benzene rings is 2. The van der Waals surface area contributed by atoms with E-state index in [-0.39, 0.29) is 30.3 Å². The molecular weight excluding hydrogens is 456 g/mol. The number of hydrogen-bond acceptors (Lipinski definition) is 5. The Bertz CT molecular complexity index is 1040. The van der Waals surface area contributed by atoms with Gasteiger partial charge < -0.3 is 14.8 Å². The topological polar surface area (TPSA) is 84.9 Å². The number of esters is 1. The molecule has 3 atom stereocenters. The second kappa shape index (κ2) is 12.1. The summed E-state index contributed by atoms with van der Waals surface area (Å²) in [5.74, 6) is -1.27. The number of fused-ring (bicyclic) bond motifs is 3. The molecule has 0 heterocycles. The Hall–Kier alpha value is -3.35. The van der Waals surface area contributed by atoms with Gasteiger partial charge in [-0.3, -0.25) is 9.69 Å². The number of methoxy groups -OCH3 is 1. The van der Waals surface area contributed by atoms with E-state index in [0.29, 0.717) is 13.0 Å². The van der Waals surface area contributed by atoms with Gasteiger partial charge in [0, 0.05) is 12.5 Å². The van der Waals surface area contributed by atoms with Crippen LogP contribution >= 0.6 is 0 Å². The summed E-state index contributed by atoms with van der Waals surface area (Å²) < 4.78 is 10.7. The molecular formula is C29H38N2O5. The molecule has 0 fully saturated rings. The van der Waals surface area contributed by atoms with Crippen molar-refractivity contribution in [2.45, 2.75) is 59.0 Å². The van der Waals surface area contributed by atoms with Crippen LogP contribution in [0.3, 0.4) is 0 Å². The smallest absolute Gasteiger partial charge is 0.410 e. The number of hydrogen-bond donors (Lipinski definition) is 1. The van der Waals surface area contributed by atoms with Crippen LogP contribution in [0.25, 0.3) is 11.1 Å². The van der Waals surface area contributed by atoms with Crippen LogP contribution < -0.4 is 5.32 Å². The minimum absolute atomic E-state index is 0.0689. The standard InChI is InChI=1S/C29H38N2O5/c1-7-19(5)26(27(32)30-25(18(3)4)28(33)35-6)31(8-2)29(34)36-17-24-22-15-11-9-13-20(22)21-14-10-12-16-23(21)24/h9-16,18-19,24-26H,7-8,17H2,1-6H3,(H,30,32)/t19-,25-,26-/m0/s1. The molecule has 0 unspecified atom stereocenters. The van der Waals surface area contributed by atoms with Gasteiger partial charge in [-0.05, 0) is 41.0 Å². The molecule has 0 bridgehead atoms. The number of carbonyl (C=O) groups is 3. The second-order valence-electron chi connectivity index (χ2n) is 9.67. The van der Waals surface area contributed by atoms with Gasteiger partial charge in [0.25, 0.3) is 0 Å². The van der Waals surface area contributed by atoms with Crippen LogP contribution in [-0.4, -0.2) is 55.2 Å². The van der Waals surface area contributed by atoms with Crippen molar-refractivity contribution < 1.29 is 23.9 Å². The van der Waals surface area contributed by atoms with Gasteiger partial charge in [-0.25, -0.2) is 9.59 Å². The van der Waals surface area contributed by atoms with Crippen LogP contribution in [0, 0.1) is 11.8 Å². The molecule has 1 aliphatic carbocycles. The van der Waals surface area contributed by atoms with Crippen molar-refractivity contribution in [3.8, 4) is 11.1 Å². The SMILES string of the molecule is CC[C@H](C)[C@@H](C(=O)N[C@H](C(=O)OC)C(C)C)N(CC)C(=O)OCC1c2ccccc2-c2ccccc21. The van der Waals surface area contributed by atoms with E-state index in [2.05, 4.69) is 29.6 Å². The third-order valence-electron chi connectivity index (χ3n) is 7.12. The summed E-state index contributed by atoms with van der Waals surface area (Å²) in [6.07, 6.45) is 0.134. The van der Waals surface area contributed by atoms with Crippen molar-refractivity contribution in [1.29, 1.82) is 0 Å². The predicted octanol–water partition coefficient (Wildman–Crippen LogP) is 4.99. The predicted molar refractivity (Wildman–Crippen MR) is 139 cm³/mol. The number of nitrogens with zero attached hydrogens (tertiary/aromatic N) is 1. The van der Waals surface area contributed by atoms with E-state index in [0.717, 1.165) is 22.3 Å². The number of likely N-dealkylation sites (N-methyl/N-ethyl adjacent to an activating group) is 1. The van der Waals surface area contributed by atoms with Crippen LogP contribution in [0.15, 0.2) is 48.5 Å². The first-order valence-electron chi connectivity index (χ1n) is 12.7. The van der Waals surface area contributed by atoms with Crippen molar-refractivity contribution in [1.82, 2.24) is 10.2 Å². The van der Waals surface area contributed by atoms with Gasteiger partial charge in [-0.15, -0.1) is 0 Å². The first kappa shape index (κ1) is 27.2. The Morgan fingerprint density at radius 2 is 1.50 bits per heavy atom. The fourth-order valence-corrected chi connectivity index (χ4v) is 4.91. The molecule has 2 aromatic rings. The van der Waals surface area contributed by atoms with Crippen molar-refractivity contribution in [2.24, 2.45) is 11.8 Å². The largest absolute Gasteiger partial charge is 0.467 e. The van der Waals surface area contributed by atoms with Crippen LogP contribution in [-0.2, 0) is 19.1 Å². The third-order valence-corrected chi connectivity index (χ3v) is 7.12. The minimum atomic E-state index is -0.796. The summed E-state index contributed by atoms with van der Waals surface area (Å²) in [6, 6.07) is 14.7. The summed E-state index contributed by atoms with van der Waals surface area (Å²) in [4.78, 5) is 40.5. The molecule has 3 rings (SSSR count). The first-order chi connectivity index (χ1) is 17.2. The molecule has 2 aromatic carbocycles. The highest BCUT2D eigenvalue weighted by Crippen LogP contribution is 2.44. The van der Waals surface area contributed by atoms with Crippen molar-refractivity contribution >= 4 is 18.0 Å². The van der Waals surface area contributed by atoms with E-state index in [1.54, 1.807) is 0 Å². The minimum Gasteiger partial charge on any atom is -0.467 e. The molecule has 0 spiro atoms. The van der Waals surface area contributed by atoms with E-state index in [4.69, 9.17) is 9.47 Å². The molecule has 0 aromatic heterocycles. The van der Waals surface area contributed by atoms with Crippen LogP contribution in [0.2, 0.25) is 0 Å². The fraction of sp³-hybridized carbons (Fsp3) is 0.483. The highest BCUT2D eigenvalue weighted by Gasteiger charge is 2.37. The summed E-state index contributed by atoms with van der Waals surface area (Å²) in [7, 11) is 1.30. The van der Waals surface area contributed by atoms with Crippen molar-refractivity contribution in [3.63, 3.8) is 0 Å². The summed E-state index contributed by atoms with van der Waals surface area (Å²) in [5, 5.41) is 2.81. The highest BCUT2D eigenvalue weighted by molar-refractivity contribution is 5.90. The van der Waals surface area contributed by atoms with Gasteiger partial charge in [0.15, 0.2) is 0 Å². The molecule has 0 saturated carbocycles. The quantitative estimate of drug-likeness (QED) is 0.471. The molecule has 1 N–H and O–H groups in total. The van der Waals surface area contributed by atoms with E-state index >= 15 is 0 Å². The molecule has 0 radical (unpaired) electrons. The maximum absolute atomic E-state index is 13.4. The number of carbonyl (C=O) groups excluding carboxylic acids is 3. The fourth-order valence-electron chi connectivity index (χ4n) is 4.91. The van der Waals surface area contributed by atoms with Gasteiger partial charge in [-0.2, -0.15) is 0 Å². The highest BCUT2D eigenvalue weighted by atomic mass is 16.6. The van der Waals surface area contributed by atoms with Crippen molar-refractivity contribution in [2.75, 3.05) is 20.3 Å². The Morgan fingerprint density at radius 1 is 0.944 bits per heavy atom. The van der Waals surface area contributed by atoms with Crippen LogP contribution in [0.4, 0.5) is 4.79 Å². The van der Waals surface area contributed by atoms with Gasteiger partial charge in [0.2, 0.25) is 5.91 Å². The lowest BCUT2D eigenvalue weighted by molar-refractivity contribution is -0.147. The van der Waals surface area contributed by atoms with Gasteiger partial charge >= 0.3 is 12.1 Å². The Balaban J connectivity index is 1.79. The molecule has 194 valence electrons. The molecule has 1 aliphatic rings. The Kier molecular flexibility index (Phi) is 9.13. The van der Waals surface area contributed by atoms with Gasteiger partial charge in [0.05, 0.1) is 7.11 Å². The molecule has 7 nitrogen and oxygen atoms in total. The van der Waals surface area contributed by atoms with E-state index in [1.807, 2.05) is 58.9 Å². The molecule has 0 saturated heterocycles. The average Bonchev–Trinajstić information content (AvgIpc) is 3.21. The number of ether oxygens (including phenoxy) is 2. The molecule has 7 heteroatoms. The number of amides is 2. The van der Waals surface area contributed by atoms with E-state index < -0.39 is 24.1 Å². The zero-order chi connectivity index (χ0) is 26.4. The lowest BCUT2D eigenvalue weighted by Gasteiger charge is -2.34. The Labute approximate surface area is 214 Å². The van der Waals surface area contributed by atoms with E-state index in [9.17, 15) is 14.4 Å². The molecule has 2 amide bonds. The number of nitrogens with one attached hydrogen (secondary N) is 1. The maximum Gasteiger partial charge on any atom is 0.410 e. The second-order valence-corrected chi connectivity index (χ2v) is 9.67. The third kappa shape index (κ3) is 5.55. The molecule has 36 heavy (non-hydrogen) atoms. The molecule has 0 aliphatic heterocycles. The van der Waals surface area contributed by atoms with Crippen molar-refractivity contribution in [3.05, 3.63) is 59.7 Å². The van der Waals surface area contributed by atoms with Gasteiger partial charge in [-0.1, -0.05) is 82.6 Å². The lowest BCUT2D eigenvalue weighted by atomic mass is 9.95. The monoisotopic (exact) mass is 494 g/mol. The van der Waals surface area contributed by atoms with E-state index in [1.165, 1.54) is 12.0 Å². The summed E-state index contributed by atoms with van der Waals surface area (Å²) >= 11 is 0. The summed E-state index contributed by atoms with van der Waals surface area (Å²) in [6.45, 7) is 9.86.